The van der Waals surface area contributed by atoms with Gasteiger partial charge in [-0.3, -0.25) is 14.7 Å². The molecule has 40 heavy (non-hydrogen) atoms. The number of amides is 3. The number of hydrogen-bond acceptors (Lipinski definition) is 7. The first-order valence-electron chi connectivity index (χ1n) is 14.2. The van der Waals surface area contributed by atoms with Gasteiger partial charge in [-0.15, -0.1) is 0 Å². The lowest BCUT2D eigenvalue weighted by Gasteiger charge is -2.37. The summed E-state index contributed by atoms with van der Waals surface area (Å²) in [7, 11) is 4.34. The van der Waals surface area contributed by atoms with Gasteiger partial charge in [-0.05, 0) is 90.5 Å². The standard InChI is InChI=1S/C29H44N8O3/c1-29(2,30)26(38)35-18-20-36(21-19-35)27(39)31-25-13-17-37(28(40)32-25)24-9-7-22(8-10-24)11-15-34-14-5-6-23(12-16-34)33(3)4/h7-10,13,17,23H,5-6,11-12,14-16,18-21,30H2,1-4H3,(H,31,32,39,40). The Kier molecular flexibility index (Phi) is 9.60. The van der Waals surface area contributed by atoms with Gasteiger partial charge in [0, 0.05) is 45.0 Å². The van der Waals surface area contributed by atoms with E-state index in [0.29, 0.717) is 32.2 Å². The van der Waals surface area contributed by atoms with Crippen LogP contribution >= 0.6 is 0 Å². The number of carbonyl (C=O) groups is 2. The fraction of sp³-hybridized carbons (Fsp3) is 0.586. The molecule has 1 aromatic carbocycles. The van der Waals surface area contributed by atoms with Crippen molar-refractivity contribution in [2.24, 2.45) is 5.73 Å². The van der Waals surface area contributed by atoms with Gasteiger partial charge in [0.25, 0.3) is 0 Å². The SMILES string of the molecule is CN(C)C1CCCN(CCc2ccc(-n3ccc(NC(=O)N4CCN(C(=O)C(C)(C)N)CC4)nc3=O)cc2)CC1. The van der Waals surface area contributed by atoms with Crippen LogP contribution in [0.15, 0.2) is 41.3 Å². The predicted molar refractivity (Wildman–Crippen MR) is 157 cm³/mol. The molecule has 2 aliphatic rings. The van der Waals surface area contributed by atoms with Crippen molar-refractivity contribution in [3.05, 3.63) is 52.6 Å². The van der Waals surface area contributed by atoms with Crippen molar-refractivity contribution in [3.8, 4) is 5.69 Å². The highest BCUT2D eigenvalue weighted by Gasteiger charge is 2.31. The molecule has 0 spiro atoms. The molecule has 4 rings (SSSR count). The zero-order chi connectivity index (χ0) is 28.9. The Morgan fingerprint density at radius 1 is 1.00 bits per heavy atom. The molecule has 2 saturated heterocycles. The first-order valence-corrected chi connectivity index (χ1v) is 14.2. The van der Waals surface area contributed by atoms with Crippen LogP contribution in [-0.4, -0.2) is 113 Å². The molecular weight excluding hydrogens is 508 g/mol. The van der Waals surface area contributed by atoms with Crippen molar-refractivity contribution in [1.82, 2.24) is 29.2 Å². The van der Waals surface area contributed by atoms with E-state index in [4.69, 9.17) is 5.73 Å². The van der Waals surface area contributed by atoms with E-state index in [1.807, 2.05) is 12.1 Å². The molecule has 2 fully saturated rings. The zero-order valence-corrected chi connectivity index (χ0v) is 24.3. The summed E-state index contributed by atoms with van der Waals surface area (Å²) in [6.45, 7) is 8.24. The van der Waals surface area contributed by atoms with Gasteiger partial charge in [-0.25, -0.2) is 9.59 Å². The topological polar surface area (TPSA) is 120 Å². The van der Waals surface area contributed by atoms with E-state index in [1.54, 1.807) is 35.9 Å². The van der Waals surface area contributed by atoms with Gasteiger partial charge in [0.2, 0.25) is 5.91 Å². The minimum Gasteiger partial charge on any atom is -0.338 e. The number of carbonyl (C=O) groups excluding carboxylic acids is 2. The van der Waals surface area contributed by atoms with Gasteiger partial charge in [-0.2, -0.15) is 4.98 Å². The van der Waals surface area contributed by atoms with E-state index in [-0.39, 0.29) is 17.8 Å². The van der Waals surface area contributed by atoms with Crippen LogP contribution in [0.2, 0.25) is 0 Å². The molecule has 1 unspecified atom stereocenters. The van der Waals surface area contributed by atoms with Crippen molar-refractivity contribution in [2.45, 2.75) is 51.1 Å². The molecule has 11 nitrogen and oxygen atoms in total. The Morgan fingerprint density at radius 3 is 2.30 bits per heavy atom. The number of nitrogens with one attached hydrogen (secondary N) is 1. The molecule has 1 atom stereocenters. The molecule has 0 radical (unpaired) electrons. The van der Waals surface area contributed by atoms with Crippen LogP contribution in [0.25, 0.3) is 5.69 Å². The van der Waals surface area contributed by atoms with Crippen molar-refractivity contribution in [2.75, 3.05) is 65.2 Å². The fourth-order valence-electron chi connectivity index (χ4n) is 5.37. The van der Waals surface area contributed by atoms with E-state index in [2.05, 4.69) is 46.3 Å². The summed E-state index contributed by atoms with van der Waals surface area (Å²) in [5.74, 6) is 0.0556. The Hall–Kier alpha value is -3.28. The monoisotopic (exact) mass is 552 g/mol. The maximum absolute atomic E-state index is 12.8. The van der Waals surface area contributed by atoms with Gasteiger partial charge in [0.1, 0.15) is 5.82 Å². The number of hydrogen-bond donors (Lipinski definition) is 2. The molecule has 0 saturated carbocycles. The number of aromatic nitrogens is 2. The predicted octanol–water partition coefficient (Wildman–Crippen LogP) is 1.60. The van der Waals surface area contributed by atoms with Gasteiger partial charge in [0.15, 0.2) is 0 Å². The maximum atomic E-state index is 12.8. The van der Waals surface area contributed by atoms with Crippen molar-refractivity contribution in [1.29, 1.82) is 0 Å². The average molecular weight is 553 g/mol. The van der Waals surface area contributed by atoms with Crippen LogP contribution in [-0.2, 0) is 11.2 Å². The number of urea groups is 1. The fourth-order valence-corrected chi connectivity index (χ4v) is 5.37. The smallest absolute Gasteiger partial charge is 0.338 e. The van der Waals surface area contributed by atoms with Crippen LogP contribution in [0, 0.1) is 0 Å². The summed E-state index contributed by atoms with van der Waals surface area (Å²) in [6, 6.07) is 9.93. The molecule has 3 heterocycles. The summed E-state index contributed by atoms with van der Waals surface area (Å²) in [4.78, 5) is 50.1. The van der Waals surface area contributed by atoms with Gasteiger partial charge in [-0.1, -0.05) is 12.1 Å². The second-order valence-corrected chi connectivity index (χ2v) is 11.7. The lowest BCUT2D eigenvalue weighted by atomic mass is 10.1. The van der Waals surface area contributed by atoms with Crippen molar-refractivity contribution < 1.29 is 9.59 Å². The number of piperazine rings is 1. The molecule has 0 bridgehead atoms. The molecule has 11 heteroatoms. The molecule has 2 aromatic rings. The van der Waals surface area contributed by atoms with Crippen LogP contribution in [0.4, 0.5) is 10.6 Å². The minimum absolute atomic E-state index is 0.137. The lowest BCUT2D eigenvalue weighted by molar-refractivity contribution is -0.137. The second-order valence-electron chi connectivity index (χ2n) is 11.7. The summed E-state index contributed by atoms with van der Waals surface area (Å²) in [5.41, 5.74) is 6.47. The van der Waals surface area contributed by atoms with Crippen LogP contribution in [0.5, 0.6) is 0 Å². The summed E-state index contributed by atoms with van der Waals surface area (Å²) < 4.78 is 1.47. The third-order valence-electron chi connectivity index (χ3n) is 7.90. The Morgan fingerprint density at radius 2 is 1.68 bits per heavy atom. The number of benzene rings is 1. The van der Waals surface area contributed by atoms with E-state index in [9.17, 15) is 14.4 Å². The highest BCUT2D eigenvalue weighted by molar-refractivity contribution is 5.89. The Labute approximate surface area is 236 Å². The molecule has 3 N–H and O–H groups in total. The summed E-state index contributed by atoms with van der Waals surface area (Å²) in [5, 5.41) is 2.70. The molecule has 1 aromatic heterocycles. The molecule has 0 aliphatic carbocycles. The van der Waals surface area contributed by atoms with E-state index >= 15 is 0 Å². The largest absolute Gasteiger partial charge is 0.354 e. The highest BCUT2D eigenvalue weighted by atomic mass is 16.2. The first kappa shape index (κ1) is 29.7. The third kappa shape index (κ3) is 7.67. The van der Waals surface area contributed by atoms with E-state index in [0.717, 1.165) is 31.7 Å². The normalized spacial score (nSPS) is 19.0. The second kappa shape index (κ2) is 12.9. The molecule has 2 aliphatic heterocycles. The van der Waals surface area contributed by atoms with E-state index < -0.39 is 11.2 Å². The maximum Gasteiger partial charge on any atom is 0.354 e. The number of nitrogens with zero attached hydrogens (tertiary/aromatic N) is 6. The lowest BCUT2D eigenvalue weighted by Crippen LogP contribution is -2.58. The number of anilines is 1. The number of nitrogens with two attached hydrogens (primary N) is 1. The Bertz CT molecular complexity index is 1210. The zero-order valence-electron chi connectivity index (χ0n) is 24.3. The van der Waals surface area contributed by atoms with E-state index in [1.165, 1.54) is 29.4 Å². The molecule has 3 amide bonds. The van der Waals surface area contributed by atoms with Crippen LogP contribution < -0.4 is 16.7 Å². The Balaban J connectivity index is 1.28. The quantitative estimate of drug-likeness (QED) is 0.536. The van der Waals surface area contributed by atoms with Crippen molar-refractivity contribution in [3.63, 3.8) is 0 Å². The molecule has 218 valence electrons. The number of likely N-dealkylation sites (tertiary alicyclic amines) is 1. The van der Waals surface area contributed by atoms with Crippen LogP contribution in [0.3, 0.4) is 0 Å². The average Bonchev–Trinajstić information content (AvgIpc) is 3.18. The third-order valence-corrected chi connectivity index (χ3v) is 7.90. The first-order chi connectivity index (χ1) is 19.0. The highest BCUT2D eigenvalue weighted by Crippen LogP contribution is 2.16. The van der Waals surface area contributed by atoms with Crippen molar-refractivity contribution >= 4 is 17.8 Å². The number of rotatable bonds is 7. The minimum atomic E-state index is -0.943. The summed E-state index contributed by atoms with van der Waals surface area (Å²) in [6.07, 6.45) is 6.30. The summed E-state index contributed by atoms with van der Waals surface area (Å²) >= 11 is 0. The van der Waals surface area contributed by atoms with Gasteiger partial charge < -0.3 is 25.3 Å². The molecular formula is C29H44N8O3. The van der Waals surface area contributed by atoms with Gasteiger partial charge >= 0.3 is 11.7 Å². The van der Waals surface area contributed by atoms with Crippen LogP contribution in [0.1, 0.15) is 38.7 Å². The van der Waals surface area contributed by atoms with Gasteiger partial charge in [0.05, 0.1) is 11.2 Å².